The number of rotatable bonds is 11. The monoisotopic (exact) mass is 226 g/mol. The summed E-state index contributed by atoms with van der Waals surface area (Å²) in [5.74, 6) is 1.92. The predicted molar refractivity (Wildman–Crippen MR) is 75.8 cm³/mol. The number of unbranched alkanes of at least 4 members (excludes halogenated alkanes) is 4. The van der Waals surface area contributed by atoms with Gasteiger partial charge < -0.3 is 0 Å². The molecule has 0 fully saturated rings. The molecule has 0 heterocycles. The molecule has 0 nitrogen and oxygen atoms in total. The van der Waals surface area contributed by atoms with Crippen molar-refractivity contribution >= 4 is 0 Å². The molecule has 0 aromatic heterocycles. The summed E-state index contributed by atoms with van der Waals surface area (Å²) in [7, 11) is 0. The molecule has 0 radical (unpaired) electrons. The molecule has 0 saturated heterocycles. The predicted octanol–water partition coefficient (Wildman–Crippen LogP) is 6.20. The maximum atomic E-state index is 2.44. The standard InChI is InChI=1S/C16H34/c1-5-7-9-10-12-16(4)14-13-15(3)11-8-6-2/h15-16H,5-14H2,1-4H3. The normalized spacial score (nSPS) is 15.0. The first-order valence-electron chi connectivity index (χ1n) is 7.70. The molecule has 0 aromatic rings. The van der Waals surface area contributed by atoms with Crippen molar-refractivity contribution in [2.45, 2.75) is 91.9 Å². The number of hydrogen-bond acceptors (Lipinski definition) is 0. The maximum Gasteiger partial charge on any atom is -0.0443 e. The van der Waals surface area contributed by atoms with Gasteiger partial charge in [0, 0.05) is 0 Å². The summed E-state index contributed by atoms with van der Waals surface area (Å²) in [4.78, 5) is 0. The van der Waals surface area contributed by atoms with Crippen molar-refractivity contribution in [2.75, 3.05) is 0 Å². The van der Waals surface area contributed by atoms with Crippen LogP contribution in [-0.4, -0.2) is 0 Å². The molecular weight excluding hydrogens is 192 g/mol. The molecule has 0 bridgehead atoms. The molecule has 0 N–H and O–H groups in total. The zero-order chi connectivity index (χ0) is 12.2. The molecule has 0 aliphatic heterocycles. The Balaban J connectivity index is 3.31. The van der Waals surface area contributed by atoms with Gasteiger partial charge in [0.1, 0.15) is 0 Å². The second-order valence-electron chi connectivity index (χ2n) is 5.78. The van der Waals surface area contributed by atoms with Crippen molar-refractivity contribution in [2.24, 2.45) is 11.8 Å². The van der Waals surface area contributed by atoms with Gasteiger partial charge in [-0.3, -0.25) is 0 Å². The number of hydrogen-bond donors (Lipinski definition) is 0. The van der Waals surface area contributed by atoms with Crippen LogP contribution in [0.2, 0.25) is 0 Å². The zero-order valence-electron chi connectivity index (χ0n) is 12.2. The lowest BCUT2D eigenvalue weighted by molar-refractivity contribution is 0.381. The van der Waals surface area contributed by atoms with E-state index in [0.29, 0.717) is 0 Å². The highest BCUT2D eigenvalue weighted by Gasteiger charge is 2.06. The first-order valence-corrected chi connectivity index (χ1v) is 7.70. The Bertz CT molecular complexity index is 128. The summed E-state index contributed by atoms with van der Waals surface area (Å²) >= 11 is 0. The highest BCUT2D eigenvalue weighted by molar-refractivity contribution is 4.59. The molecule has 0 spiro atoms. The molecule has 0 aromatic carbocycles. The molecule has 98 valence electrons. The van der Waals surface area contributed by atoms with Crippen molar-refractivity contribution in [3.63, 3.8) is 0 Å². The summed E-state index contributed by atoms with van der Waals surface area (Å²) in [6.07, 6.45) is 14.3. The fourth-order valence-electron chi connectivity index (χ4n) is 2.33. The fourth-order valence-corrected chi connectivity index (χ4v) is 2.33. The van der Waals surface area contributed by atoms with E-state index in [0.717, 1.165) is 11.8 Å². The van der Waals surface area contributed by atoms with Crippen LogP contribution in [0.3, 0.4) is 0 Å². The third kappa shape index (κ3) is 10.5. The summed E-state index contributed by atoms with van der Waals surface area (Å²) in [6.45, 7) is 9.46. The maximum absolute atomic E-state index is 2.44. The average Bonchev–Trinajstić information content (AvgIpc) is 2.29. The minimum absolute atomic E-state index is 0.957. The third-order valence-corrected chi connectivity index (χ3v) is 3.75. The topological polar surface area (TPSA) is 0 Å². The van der Waals surface area contributed by atoms with E-state index in [9.17, 15) is 0 Å². The van der Waals surface area contributed by atoms with Gasteiger partial charge in [0.05, 0.1) is 0 Å². The van der Waals surface area contributed by atoms with Crippen molar-refractivity contribution < 1.29 is 0 Å². The first-order chi connectivity index (χ1) is 7.70. The van der Waals surface area contributed by atoms with E-state index < -0.39 is 0 Å². The van der Waals surface area contributed by atoms with E-state index in [-0.39, 0.29) is 0 Å². The molecule has 0 rings (SSSR count). The molecule has 0 amide bonds. The Morgan fingerprint density at radius 2 is 1.06 bits per heavy atom. The van der Waals surface area contributed by atoms with E-state index in [1.807, 2.05) is 0 Å². The van der Waals surface area contributed by atoms with E-state index >= 15 is 0 Å². The minimum Gasteiger partial charge on any atom is -0.0654 e. The highest BCUT2D eigenvalue weighted by atomic mass is 14.1. The molecule has 2 unspecified atom stereocenters. The SMILES string of the molecule is CCCCCCC(C)CCC(C)CCCC. The van der Waals surface area contributed by atoms with Gasteiger partial charge in [-0.1, -0.05) is 91.9 Å². The van der Waals surface area contributed by atoms with E-state index in [4.69, 9.17) is 0 Å². The van der Waals surface area contributed by atoms with E-state index in [1.165, 1.54) is 64.2 Å². The lowest BCUT2D eigenvalue weighted by Gasteiger charge is -2.15. The van der Waals surface area contributed by atoms with Gasteiger partial charge in [-0.25, -0.2) is 0 Å². The van der Waals surface area contributed by atoms with Crippen LogP contribution in [-0.2, 0) is 0 Å². The van der Waals surface area contributed by atoms with Gasteiger partial charge in [-0.2, -0.15) is 0 Å². The zero-order valence-corrected chi connectivity index (χ0v) is 12.2. The average molecular weight is 226 g/mol. The largest absolute Gasteiger partial charge is 0.0654 e. The summed E-state index contributed by atoms with van der Waals surface area (Å²) in [6, 6.07) is 0. The fraction of sp³-hybridized carbons (Fsp3) is 1.00. The highest BCUT2D eigenvalue weighted by Crippen LogP contribution is 2.21. The van der Waals surface area contributed by atoms with Crippen LogP contribution in [0.1, 0.15) is 91.9 Å². The Morgan fingerprint density at radius 3 is 1.56 bits per heavy atom. The van der Waals surface area contributed by atoms with Crippen molar-refractivity contribution in [3.05, 3.63) is 0 Å². The van der Waals surface area contributed by atoms with Crippen LogP contribution in [0, 0.1) is 11.8 Å². The molecule has 2 atom stereocenters. The molecule has 0 heteroatoms. The smallest absolute Gasteiger partial charge is 0.0443 e. The van der Waals surface area contributed by atoms with E-state index in [1.54, 1.807) is 0 Å². The van der Waals surface area contributed by atoms with Gasteiger partial charge in [0.15, 0.2) is 0 Å². The van der Waals surface area contributed by atoms with Crippen LogP contribution >= 0.6 is 0 Å². The van der Waals surface area contributed by atoms with Gasteiger partial charge in [0.2, 0.25) is 0 Å². The summed E-state index contributed by atoms with van der Waals surface area (Å²) in [5, 5.41) is 0. The van der Waals surface area contributed by atoms with E-state index in [2.05, 4.69) is 27.7 Å². The van der Waals surface area contributed by atoms with Crippen molar-refractivity contribution in [3.8, 4) is 0 Å². The van der Waals surface area contributed by atoms with Crippen LogP contribution < -0.4 is 0 Å². The second-order valence-corrected chi connectivity index (χ2v) is 5.78. The summed E-state index contributed by atoms with van der Waals surface area (Å²) < 4.78 is 0. The molecule has 16 heavy (non-hydrogen) atoms. The lowest BCUT2D eigenvalue weighted by atomic mass is 9.91. The quantitative estimate of drug-likeness (QED) is 0.368. The van der Waals surface area contributed by atoms with Gasteiger partial charge >= 0.3 is 0 Å². The third-order valence-electron chi connectivity index (χ3n) is 3.75. The molecule has 0 saturated carbocycles. The Kier molecular flexibility index (Phi) is 11.5. The van der Waals surface area contributed by atoms with Crippen LogP contribution in [0.25, 0.3) is 0 Å². The van der Waals surface area contributed by atoms with Gasteiger partial charge in [0.25, 0.3) is 0 Å². The molecular formula is C16H34. The lowest BCUT2D eigenvalue weighted by Crippen LogP contribution is -2.00. The first kappa shape index (κ1) is 16.0. The molecule has 0 aliphatic carbocycles. The van der Waals surface area contributed by atoms with Crippen molar-refractivity contribution in [1.82, 2.24) is 0 Å². The van der Waals surface area contributed by atoms with Crippen molar-refractivity contribution in [1.29, 1.82) is 0 Å². The van der Waals surface area contributed by atoms with Crippen LogP contribution in [0.4, 0.5) is 0 Å². The van der Waals surface area contributed by atoms with Gasteiger partial charge in [-0.05, 0) is 11.8 Å². The van der Waals surface area contributed by atoms with Crippen LogP contribution in [0.15, 0.2) is 0 Å². The Labute approximate surface area is 104 Å². The molecule has 0 aliphatic rings. The Hall–Kier alpha value is 0. The Morgan fingerprint density at radius 1 is 0.562 bits per heavy atom. The van der Waals surface area contributed by atoms with Crippen LogP contribution in [0.5, 0.6) is 0 Å². The minimum atomic E-state index is 0.957. The van der Waals surface area contributed by atoms with Gasteiger partial charge in [-0.15, -0.1) is 0 Å². The second kappa shape index (κ2) is 11.5. The summed E-state index contributed by atoms with van der Waals surface area (Å²) in [5.41, 5.74) is 0.